The van der Waals surface area contributed by atoms with E-state index in [0.29, 0.717) is 27.7 Å². The predicted octanol–water partition coefficient (Wildman–Crippen LogP) is 7.44. The van der Waals surface area contributed by atoms with Gasteiger partial charge in [0.25, 0.3) is 0 Å². The van der Waals surface area contributed by atoms with Crippen LogP contribution in [-0.2, 0) is 4.79 Å². The molecule has 0 aliphatic carbocycles. The Balaban J connectivity index is 1.90. The lowest BCUT2D eigenvalue weighted by molar-refractivity contribution is -0.137. The normalized spacial score (nSPS) is 11.6. The van der Waals surface area contributed by atoms with Gasteiger partial charge in [-0.25, -0.2) is 0 Å². The first kappa shape index (κ1) is 25.2. The molecule has 2 N–H and O–H groups in total. The summed E-state index contributed by atoms with van der Waals surface area (Å²) in [5, 5.41) is 20.5. The van der Waals surface area contributed by atoms with Crippen LogP contribution in [0.3, 0.4) is 0 Å². The summed E-state index contributed by atoms with van der Waals surface area (Å²) in [4.78, 5) is 15.3. The highest BCUT2D eigenvalue weighted by Gasteiger charge is 2.14. The molecular weight excluding hydrogens is 433 g/mol. The zero-order chi connectivity index (χ0) is 22.6. The van der Waals surface area contributed by atoms with Crippen molar-refractivity contribution in [2.45, 2.75) is 64.7 Å². The Morgan fingerprint density at radius 3 is 2.06 bits per heavy atom. The summed E-state index contributed by atoms with van der Waals surface area (Å²) >= 11 is 12.3. The van der Waals surface area contributed by atoms with Crippen LogP contribution in [0.2, 0.25) is 10.0 Å². The van der Waals surface area contributed by atoms with E-state index in [9.17, 15) is 9.90 Å². The molecule has 0 amide bonds. The molecule has 2 aromatic rings. The van der Waals surface area contributed by atoms with Crippen molar-refractivity contribution in [1.29, 1.82) is 0 Å². The van der Waals surface area contributed by atoms with E-state index in [-0.39, 0.29) is 12.2 Å². The van der Waals surface area contributed by atoms with Gasteiger partial charge in [0, 0.05) is 34.1 Å². The van der Waals surface area contributed by atoms with Crippen LogP contribution in [0.5, 0.6) is 5.75 Å². The molecule has 0 aliphatic rings. The Morgan fingerprint density at radius 2 is 1.45 bits per heavy atom. The third kappa shape index (κ3) is 8.92. The van der Waals surface area contributed by atoms with Crippen LogP contribution in [0.25, 0.3) is 0 Å². The van der Waals surface area contributed by atoms with Crippen molar-refractivity contribution in [2.24, 2.45) is 4.99 Å². The van der Waals surface area contributed by atoms with E-state index < -0.39 is 5.97 Å². The Morgan fingerprint density at radius 1 is 0.871 bits per heavy atom. The first-order chi connectivity index (χ1) is 14.9. The molecular formula is C25H31Cl2NO3. The van der Waals surface area contributed by atoms with Crippen molar-refractivity contribution in [2.75, 3.05) is 6.54 Å². The monoisotopic (exact) mass is 463 g/mol. The van der Waals surface area contributed by atoms with E-state index in [1.807, 2.05) is 31.2 Å². The molecule has 0 heterocycles. The molecule has 4 nitrogen and oxygen atoms in total. The maximum Gasteiger partial charge on any atom is 0.303 e. The summed E-state index contributed by atoms with van der Waals surface area (Å²) in [7, 11) is 0. The standard InChI is InChI=1S/C25H31Cl2NO3/c1-18-16-21(27)17-22(25(18)31)24(19-11-13-20(26)14-12-19)28-15-9-7-5-3-2-4-6-8-10-23(29)30/h11-14,16-17,31H,2-10,15H2,1H3,(H,29,30)/b28-24+. The molecule has 0 saturated carbocycles. The minimum atomic E-state index is -0.709. The fraction of sp³-hybridized carbons (Fsp3) is 0.440. The lowest BCUT2D eigenvalue weighted by Crippen LogP contribution is -2.06. The second-order valence-electron chi connectivity index (χ2n) is 7.83. The number of unbranched alkanes of at least 4 members (excludes halogenated alkanes) is 7. The van der Waals surface area contributed by atoms with Crippen molar-refractivity contribution < 1.29 is 15.0 Å². The number of halogens is 2. The average Bonchev–Trinajstić information content (AvgIpc) is 2.72. The third-order valence-corrected chi connectivity index (χ3v) is 5.68. The van der Waals surface area contributed by atoms with Gasteiger partial charge in [-0.15, -0.1) is 0 Å². The topological polar surface area (TPSA) is 69.9 Å². The van der Waals surface area contributed by atoms with Crippen molar-refractivity contribution >= 4 is 34.9 Å². The fourth-order valence-electron chi connectivity index (χ4n) is 3.50. The van der Waals surface area contributed by atoms with Crippen LogP contribution in [0.4, 0.5) is 0 Å². The van der Waals surface area contributed by atoms with E-state index in [2.05, 4.69) is 0 Å². The number of phenols is 1. The predicted molar refractivity (Wildman–Crippen MR) is 129 cm³/mol. The SMILES string of the molecule is Cc1cc(Cl)cc(/C(=N/CCCCCCCCCCC(=O)O)c2ccc(Cl)cc2)c1O. The van der Waals surface area contributed by atoms with Crippen LogP contribution in [-0.4, -0.2) is 28.4 Å². The maximum atomic E-state index is 10.6. The van der Waals surface area contributed by atoms with E-state index in [0.717, 1.165) is 62.6 Å². The molecule has 0 aliphatic heterocycles. The fourth-order valence-corrected chi connectivity index (χ4v) is 3.89. The molecule has 0 saturated heterocycles. The quantitative estimate of drug-likeness (QED) is 0.239. The summed E-state index contributed by atoms with van der Waals surface area (Å²) in [6, 6.07) is 10.9. The van der Waals surface area contributed by atoms with Crippen LogP contribution < -0.4 is 0 Å². The van der Waals surface area contributed by atoms with Crippen LogP contribution in [0, 0.1) is 6.92 Å². The Bertz CT molecular complexity index is 879. The molecule has 168 valence electrons. The van der Waals surface area contributed by atoms with E-state index >= 15 is 0 Å². The number of carboxylic acid groups (broad SMARTS) is 1. The lowest BCUT2D eigenvalue weighted by atomic mass is 9.99. The summed E-state index contributed by atoms with van der Waals surface area (Å²) in [5.74, 6) is -0.513. The third-order valence-electron chi connectivity index (χ3n) is 5.21. The molecule has 0 bridgehead atoms. The zero-order valence-electron chi connectivity index (χ0n) is 18.0. The van der Waals surface area contributed by atoms with Crippen molar-refractivity contribution in [3.63, 3.8) is 0 Å². The van der Waals surface area contributed by atoms with Gasteiger partial charge in [-0.3, -0.25) is 9.79 Å². The lowest BCUT2D eigenvalue weighted by Gasteiger charge is -2.12. The maximum absolute atomic E-state index is 10.6. The van der Waals surface area contributed by atoms with Gasteiger partial charge < -0.3 is 10.2 Å². The summed E-state index contributed by atoms with van der Waals surface area (Å²) in [6.45, 7) is 2.49. The zero-order valence-corrected chi connectivity index (χ0v) is 19.6. The number of aliphatic imine (C=N–C) groups is 1. The number of benzene rings is 2. The van der Waals surface area contributed by atoms with Crippen molar-refractivity contribution in [3.8, 4) is 5.75 Å². The number of aryl methyl sites for hydroxylation is 1. The molecule has 2 rings (SSSR count). The van der Waals surface area contributed by atoms with Gasteiger partial charge in [-0.1, -0.05) is 73.9 Å². The summed E-state index contributed by atoms with van der Waals surface area (Å²) in [5.41, 5.74) is 2.96. The molecule has 0 aromatic heterocycles. The Kier molecular flexibility index (Phi) is 10.9. The number of carboxylic acids is 1. The molecule has 0 fully saturated rings. The number of nitrogens with zero attached hydrogens (tertiary/aromatic N) is 1. The molecule has 0 unspecified atom stereocenters. The first-order valence-electron chi connectivity index (χ1n) is 10.9. The van der Waals surface area contributed by atoms with Gasteiger partial charge in [0.1, 0.15) is 5.75 Å². The molecule has 2 aromatic carbocycles. The minimum absolute atomic E-state index is 0.195. The molecule has 0 radical (unpaired) electrons. The number of hydrogen-bond donors (Lipinski definition) is 2. The number of aromatic hydroxyl groups is 1. The van der Waals surface area contributed by atoms with Gasteiger partial charge in [0.15, 0.2) is 0 Å². The second-order valence-corrected chi connectivity index (χ2v) is 8.70. The number of phenolic OH excluding ortho intramolecular Hbond substituents is 1. The van der Waals surface area contributed by atoms with Crippen molar-refractivity contribution in [1.82, 2.24) is 0 Å². The average molecular weight is 464 g/mol. The van der Waals surface area contributed by atoms with E-state index in [1.165, 1.54) is 0 Å². The number of aliphatic carboxylic acids is 1. The van der Waals surface area contributed by atoms with E-state index in [4.69, 9.17) is 33.3 Å². The van der Waals surface area contributed by atoms with Crippen LogP contribution >= 0.6 is 23.2 Å². The number of hydrogen-bond acceptors (Lipinski definition) is 3. The Hall–Kier alpha value is -2.04. The highest BCUT2D eigenvalue weighted by molar-refractivity contribution is 6.32. The number of rotatable bonds is 13. The smallest absolute Gasteiger partial charge is 0.303 e. The summed E-state index contributed by atoms with van der Waals surface area (Å²) < 4.78 is 0. The van der Waals surface area contributed by atoms with Crippen molar-refractivity contribution in [3.05, 3.63) is 63.1 Å². The van der Waals surface area contributed by atoms with Crippen LogP contribution in [0.15, 0.2) is 41.4 Å². The largest absolute Gasteiger partial charge is 0.507 e. The number of carbonyl (C=O) groups is 1. The van der Waals surface area contributed by atoms with Gasteiger partial charge >= 0.3 is 5.97 Å². The minimum Gasteiger partial charge on any atom is -0.507 e. The van der Waals surface area contributed by atoms with Gasteiger partial charge in [0.2, 0.25) is 0 Å². The first-order valence-corrected chi connectivity index (χ1v) is 11.7. The molecule has 6 heteroatoms. The molecule has 31 heavy (non-hydrogen) atoms. The molecule has 0 atom stereocenters. The van der Waals surface area contributed by atoms with Gasteiger partial charge in [0.05, 0.1) is 5.71 Å². The highest BCUT2D eigenvalue weighted by Crippen LogP contribution is 2.29. The van der Waals surface area contributed by atoms with Gasteiger partial charge in [-0.05, 0) is 49.6 Å². The highest BCUT2D eigenvalue weighted by atomic mass is 35.5. The van der Waals surface area contributed by atoms with Crippen LogP contribution in [0.1, 0.15) is 74.5 Å². The molecule has 0 spiro atoms. The van der Waals surface area contributed by atoms with E-state index in [1.54, 1.807) is 12.1 Å². The summed E-state index contributed by atoms with van der Waals surface area (Å²) in [6.07, 6.45) is 8.64. The second kappa shape index (κ2) is 13.4. The van der Waals surface area contributed by atoms with Gasteiger partial charge in [-0.2, -0.15) is 0 Å². The Labute approximate surface area is 194 Å².